The second kappa shape index (κ2) is 7.51. The van der Waals surface area contributed by atoms with Crippen molar-refractivity contribution in [3.05, 3.63) is 79.0 Å². The Morgan fingerprint density at radius 1 is 0.778 bits per heavy atom. The Labute approximate surface area is 158 Å². The number of benzene rings is 2. The van der Waals surface area contributed by atoms with E-state index in [1.54, 1.807) is 11.6 Å². The Bertz CT molecular complexity index is 1020. The molecule has 5 nitrogen and oxygen atoms in total. The van der Waals surface area contributed by atoms with Gasteiger partial charge in [0.15, 0.2) is 0 Å². The minimum atomic E-state index is -0.428. The van der Waals surface area contributed by atoms with Crippen molar-refractivity contribution >= 4 is 0 Å². The Balaban J connectivity index is 1.60. The van der Waals surface area contributed by atoms with Crippen LogP contribution < -0.4 is 0 Å². The van der Waals surface area contributed by atoms with Gasteiger partial charge in [0, 0.05) is 22.9 Å². The summed E-state index contributed by atoms with van der Waals surface area (Å²) in [6.07, 6.45) is 1.45. The molecule has 5 heteroatoms. The topological polar surface area (TPSA) is 63.8 Å². The predicted molar refractivity (Wildman–Crippen MR) is 106 cm³/mol. The Kier molecular flexibility index (Phi) is 4.77. The van der Waals surface area contributed by atoms with E-state index < -0.39 is 6.10 Å². The molecule has 2 heterocycles. The van der Waals surface area contributed by atoms with Crippen molar-refractivity contribution in [2.45, 2.75) is 19.6 Å². The molecule has 2 aromatic carbocycles. The minimum Gasteiger partial charge on any atom is -0.391 e. The second-order valence-electron chi connectivity index (χ2n) is 6.52. The fourth-order valence-corrected chi connectivity index (χ4v) is 2.97. The summed E-state index contributed by atoms with van der Waals surface area (Å²) in [6.45, 7) is 2.23. The lowest BCUT2D eigenvalue weighted by atomic mass is 10.1. The molecule has 0 bridgehead atoms. The standard InChI is InChI=1S/C22H20N4O/c1-16(27)15-26-13-12-22(25-26)19-9-5-8-18(14-19)21-11-10-20(23-24-21)17-6-3-2-4-7-17/h2-14,16,27H,15H2,1H3/t16-/m1/s1. The molecule has 134 valence electrons. The summed E-state index contributed by atoms with van der Waals surface area (Å²) >= 11 is 0. The third-order valence-electron chi connectivity index (χ3n) is 4.28. The number of aliphatic hydroxyl groups excluding tert-OH is 1. The van der Waals surface area contributed by atoms with E-state index in [0.29, 0.717) is 6.54 Å². The highest BCUT2D eigenvalue weighted by atomic mass is 16.3. The molecule has 0 saturated heterocycles. The van der Waals surface area contributed by atoms with Crippen LogP contribution in [0.1, 0.15) is 6.92 Å². The van der Waals surface area contributed by atoms with Crippen molar-refractivity contribution in [3.8, 4) is 33.8 Å². The van der Waals surface area contributed by atoms with Crippen molar-refractivity contribution in [1.82, 2.24) is 20.0 Å². The van der Waals surface area contributed by atoms with Crippen LogP contribution in [-0.2, 0) is 6.54 Å². The first-order valence-electron chi connectivity index (χ1n) is 8.90. The first-order chi connectivity index (χ1) is 13.2. The molecule has 27 heavy (non-hydrogen) atoms. The van der Waals surface area contributed by atoms with Gasteiger partial charge in [0.1, 0.15) is 0 Å². The summed E-state index contributed by atoms with van der Waals surface area (Å²) in [7, 11) is 0. The Morgan fingerprint density at radius 2 is 1.41 bits per heavy atom. The average Bonchev–Trinajstić information content (AvgIpc) is 3.17. The zero-order valence-corrected chi connectivity index (χ0v) is 15.0. The maximum Gasteiger partial charge on any atom is 0.0930 e. The van der Waals surface area contributed by atoms with Gasteiger partial charge in [0.05, 0.1) is 29.7 Å². The molecule has 0 aliphatic heterocycles. The molecule has 1 atom stereocenters. The van der Waals surface area contributed by atoms with E-state index in [9.17, 15) is 5.11 Å². The summed E-state index contributed by atoms with van der Waals surface area (Å²) in [6, 6.07) is 24.0. The van der Waals surface area contributed by atoms with E-state index in [4.69, 9.17) is 0 Å². The van der Waals surface area contributed by atoms with Gasteiger partial charge >= 0.3 is 0 Å². The van der Waals surface area contributed by atoms with E-state index in [-0.39, 0.29) is 0 Å². The van der Waals surface area contributed by atoms with Gasteiger partial charge in [-0.15, -0.1) is 10.2 Å². The number of aliphatic hydroxyl groups is 1. The lowest BCUT2D eigenvalue weighted by Crippen LogP contribution is -2.11. The minimum absolute atomic E-state index is 0.428. The molecule has 0 amide bonds. The van der Waals surface area contributed by atoms with Crippen LogP contribution >= 0.6 is 0 Å². The molecule has 0 aliphatic rings. The molecule has 1 N–H and O–H groups in total. The van der Waals surface area contributed by atoms with Crippen LogP contribution in [0, 0.1) is 0 Å². The highest BCUT2D eigenvalue weighted by molar-refractivity contribution is 5.70. The van der Waals surface area contributed by atoms with E-state index in [1.165, 1.54) is 0 Å². The van der Waals surface area contributed by atoms with Crippen molar-refractivity contribution in [2.24, 2.45) is 0 Å². The molecule has 0 aliphatic carbocycles. The number of hydrogen-bond donors (Lipinski definition) is 1. The smallest absolute Gasteiger partial charge is 0.0930 e. The average molecular weight is 356 g/mol. The number of nitrogens with zero attached hydrogens (tertiary/aromatic N) is 4. The SMILES string of the molecule is C[C@@H](O)Cn1ccc(-c2cccc(-c3ccc(-c4ccccc4)nn3)c2)n1. The molecule has 0 unspecified atom stereocenters. The highest BCUT2D eigenvalue weighted by Gasteiger charge is 2.08. The summed E-state index contributed by atoms with van der Waals surface area (Å²) in [5, 5.41) is 22.8. The lowest BCUT2D eigenvalue weighted by molar-refractivity contribution is 0.168. The van der Waals surface area contributed by atoms with Crippen LogP contribution in [0.5, 0.6) is 0 Å². The molecule has 0 saturated carbocycles. The fraction of sp³-hybridized carbons (Fsp3) is 0.136. The first-order valence-corrected chi connectivity index (χ1v) is 8.90. The molecule has 0 fully saturated rings. The third kappa shape index (κ3) is 3.93. The number of aromatic nitrogens is 4. The van der Waals surface area contributed by atoms with Gasteiger partial charge < -0.3 is 5.11 Å². The molecular formula is C22H20N4O. The molecule has 2 aromatic heterocycles. The van der Waals surface area contributed by atoms with E-state index in [0.717, 1.165) is 33.8 Å². The molecular weight excluding hydrogens is 336 g/mol. The molecule has 4 aromatic rings. The van der Waals surface area contributed by atoms with E-state index >= 15 is 0 Å². The van der Waals surface area contributed by atoms with Gasteiger partial charge in [0.2, 0.25) is 0 Å². The number of rotatable bonds is 5. The van der Waals surface area contributed by atoms with Crippen LogP contribution in [0.25, 0.3) is 33.8 Å². The Hall–Kier alpha value is -3.31. The van der Waals surface area contributed by atoms with Gasteiger partial charge in [-0.3, -0.25) is 4.68 Å². The van der Waals surface area contributed by atoms with E-state index in [2.05, 4.69) is 21.4 Å². The van der Waals surface area contributed by atoms with Crippen molar-refractivity contribution in [3.63, 3.8) is 0 Å². The summed E-state index contributed by atoms with van der Waals surface area (Å²) < 4.78 is 1.75. The molecule has 4 rings (SSSR count). The monoisotopic (exact) mass is 356 g/mol. The highest BCUT2D eigenvalue weighted by Crippen LogP contribution is 2.25. The van der Waals surface area contributed by atoms with Crippen LogP contribution in [-0.4, -0.2) is 31.2 Å². The zero-order chi connectivity index (χ0) is 18.6. The van der Waals surface area contributed by atoms with Crippen LogP contribution in [0.15, 0.2) is 79.0 Å². The van der Waals surface area contributed by atoms with Gasteiger partial charge in [-0.1, -0.05) is 48.5 Å². The lowest BCUT2D eigenvalue weighted by Gasteiger charge is -2.05. The van der Waals surface area contributed by atoms with Crippen molar-refractivity contribution < 1.29 is 5.11 Å². The fourth-order valence-electron chi connectivity index (χ4n) is 2.97. The first kappa shape index (κ1) is 17.1. The second-order valence-corrected chi connectivity index (χ2v) is 6.52. The van der Waals surface area contributed by atoms with Crippen molar-refractivity contribution in [1.29, 1.82) is 0 Å². The maximum absolute atomic E-state index is 9.51. The Morgan fingerprint density at radius 3 is 2.07 bits per heavy atom. The van der Waals surface area contributed by atoms with E-state index in [1.807, 2.05) is 72.9 Å². The predicted octanol–water partition coefficient (Wildman–Crippen LogP) is 4.05. The molecule has 0 radical (unpaired) electrons. The quantitative estimate of drug-likeness (QED) is 0.586. The molecule has 0 spiro atoms. The van der Waals surface area contributed by atoms with Gasteiger partial charge in [0.25, 0.3) is 0 Å². The van der Waals surface area contributed by atoms with Gasteiger partial charge in [-0.25, -0.2) is 0 Å². The summed E-state index contributed by atoms with van der Waals surface area (Å²) in [5.74, 6) is 0. The summed E-state index contributed by atoms with van der Waals surface area (Å²) in [4.78, 5) is 0. The normalized spacial score (nSPS) is 12.1. The van der Waals surface area contributed by atoms with Crippen LogP contribution in [0.3, 0.4) is 0 Å². The maximum atomic E-state index is 9.51. The summed E-state index contributed by atoms with van der Waals surface area (Å²) in [5.41, 5.74) is 5.59. The van der Waals surface area contributed by atoms with Crippen LogP contribution in [0.2, 0.25) is 0 Å². The van der Waals surface area contributed by atoms with Crippen molar-refractivity contribution in [2.75, 3.05) is 0 Å². The zero-order valence-electron chi connectivity index (χ0n) is 15.0. The van der Waals surface area contributed by atoms with Gasteiger partial charge in [-0.05, 0) is 31.2 Å². The van der Waals surface area contributed by atoms with Gasteiger partial charge in [-0.2, -0.15) is 5.10 Å². The van der Waals surface area contributed by atoms with Crippen LogP contribution in [0.4, 0.5) is 0 Å². The number of hydrogen-bond acceptors (Lipinski definition) is 4. The largest absolute Gasteiger partial charge is 0.391 e. The third-order valence-corrected chi connectivity index (χ3v) is 4.28.